The molecule has 0 fully saturated rings. The van der Waals surface area contributed by atoms with Gasteiger partial charge < -0.3 is 58.3 Å². The highest BCUT2D eigenvalue weighted by molar-refractivity contribution is 7.80. The number of aliphatic carboxylic acids is 3. The van der Waals surface area contributed by atoms with Crippen LogP contribution in [0.4, 0.5) is 0 Å². The Balaban J connectivity index is 2.25. The fourth-order valence-electron chi connectivity index (χ4n) is 6.50. The highest BCUT2D eigenvalue weighted by atomic mass is 32.1. The van der Waals surface area contributed by atoms with Crippen LogP contribution in [0.1, 0.15) is 77.8 Å². The van der Waals surface area contributed by atoms with Gasteiger partial charge in [-0.3, -0.25) is 43.2 Å². The lowest BCUT2D eigenvalue weighted by Gasteiger charge is -2.28. The van der Waals surface area contributed by atoms with Gasteiger partial charge in [-0.15, -0.1) is 0 Å². The van der Waals surface area contributed by atoms with Gasteiger partial charge in [0.1, 0.15) is 42.3 Å². The van der Waals surface area contributed by atoms with Gasteiger partial charge in [0, 0.05) is 31.4 Å². The molecule has 67 heavy (non-hydrogen) atoms. The lowest BCUT2D eigenvalue weighted by atomic mass is 9.98. The molecule has 0 spiro atoms. The smallest absolute Gasteiger partial charge is 0.326 e. The maximum absolute atomic E-state index is 14.0. The van der Waals surface area contributed by atoms with E-state index in [9.17, 15) is 58.2 Å². The zero-order valence-corrected chi connectivity index (χ0v) is 39.0. The van der Waals surface area contributed by atoms with Crippen LogP contribution < -0.4 is 43.0 Å². The minimum Gasteiger partial charge on any atom is -0.481 e. The molecule has 22 heteroatoms. The Labute approximate surface area is 394 Å². The van der Waals surface area contributed by atoms with Crippen molar-refractivity contribution in [1.29, 1.82) is 0 Å². The zero-order chi connectivity index (χ0) is 50.4. The molecular formula is C45H64N8O13S. The van der Waals surface area contributed by atoms with E-state index in [0.717, 1.165) is 0 Å². The average molecular weight is 957 g/mol. The second kappa shape index (κ2) is 28.5. The van der Waals surface area contributed by atoms with Gasteiger partial charge in [-0.05, 0) is 49.1 Å². The molecule has 0 radical (unpaired) electrons. The SMILES string of the molecule is CC(C)C[C@H](NC(=O)[C@@H](NC(=O)[C@@H](N)CCC(=O)O)C(C)C)C(=O)N[C@@H](Cc1ccccc1)C(=O)N[C@@H](CS)C(=O)N[C@@H](C)C(=O)N[C@@H](CCC(=O)O)C(=O)N[C@@H](Cc1ccccc1)C(=O)O. The quantitative estimate of drug-likeness (QED) is 0.0465. The minimum atomic E-state index is -1.52. The summed E-state index contributed by atoms with van der Waals surface area (Å²) in [6.07, 6.45) is -1.62. The summed E-state index contributed by atoms with van der Waals surface area (Å²) in [5.74, 6) is -10.7. The van der Waals surface area contributed by atoms with Crippen molar-refractivity contribution < 1.29 is 63.3 Å². The first-order valence-electron chi connectivity index (χ1n) is 21.8. The largest absolute Gasteiger partial charge is 0.481 e. The third kappa shape index (κ3) is 20.7. The molecule has 368 valence electrons. The Hall–Kier alpha value is -6.55. The van der Waals surface area contributed by atoms with Crippen molar-refractivity contribution in [2.24, 2.45) is 17.6 Å². The summed E-state index contributed by atoms with van der Waals surface area (Å²) < 4.78 is 0. The van der Waals surface area contributed by atoms with Crippen molar-refractivity contribution >= 4 is 71.9 Å². The van der Waals surface area contributed by atoms with E-state index in [0.29, 0.717) is 11.1 Å². The van der Waals surface area contributed by atoms with Crippen LogP contribution in [-0.4, -0.2) is 129 Å². The predicted octanol–water partition coefficient (Wildman–Crippen LogP) is -0.341. The van der Waals surface area contributed by atoms with Gasteiger partial charge in [0.05, 0.1) is 6.04 Å². The summed E-state index contributed by atoms with van der Waals surface area (Å²) in [7, 11) is 0. The van der Waals surface area contributed by atoms with E-state index < -0.39 is 126 Å². The molecule has 12 N–H and O–H groups in total. The van der Waals surface area contributed by atoms with Gasteiger partial charge in [0.25, 0.3) is 0 Å². The number of benzene rings is 2. The molecule has 0 aliphatic rings. The first-order valence-corrected chi connectivity index (χ1v) is 22.4. The number of nitrogens with one attached hydrogen (secondary N) is 7. The van der Waals surface area contributed by atoms with Crippen LogP contribution in [0.3, 0.4) is 0 Å². The summed E-state index contributed by atoms with van der Waals surface area (Å²) in [5, 5.41) is 45.6. The Morgan fingerprint density at radius 1 is 0.507 bits per heavy atom. The molecule has 2 rings (SSSR count). The van der Waals surface area contributed by atoms with Gasteiger partial charge in [-0.25, -0.2) is 4.79 Å². The lowest BCUT2D eigenvalue weighted by Crippen LogP contribution is -2.61. The zero-order valence-electron chi connectivity index (χ0n) is 38.2. The summed E-state index contributed by atoms with van der Waals surface area (Å²) in [4.78, 5) is 129. The molecule has 0 aromatic heterocycles. The Morgan fingerprint density at radius 2 is 0.940 bits per heavy atom. The summed E-state index contributed by atoms with van der Waals surface area (Å²) in [6, 6.07) is 6.32. The van der Waals surface area contributed by atoms with E-state index in [-0.39, 0.29) is 43.8 Å². The number of carbonyl (C=O) groups excluding carboxylic acids is 7. The van der Waals surface area contributed by atoms with Crippen molar-refractivity contribution in [2.75, 3.05) is 5.75 Å². The molecular weight excluding hydrogens is 893 g/mol. The van der Waals surface area contributed by atoms with Gasteiger partial charge in [0.2, 0.25) is 41.4 Å². The fourth-order valence-corrected chi connectivity index (χ4v) is 6.76. The predicted molar refractivity (Wildman–Crippen MR) is 247 cm³/mol. The van der Waals surface area contributed by atoms with Crippen LogP contribution in [-0.2, 0) is 60.8 Å². The standard InChI is InChI=1S/C45H64N8O13S/c1-24(2)20-31(50-44(64)37(25(3)4)53-39(59)29(46)16-18-35(54)55)41(61)49-32(21-27-12-8-6-9-13-27)42(62)52-34(23-67)43(63)47-26(5)38(58)48-30(17-19-36(56)57)40(60)51-33(45(65)66)22-28-14-10-7-11-15-28/h6-15,24-26,29-34,37,67H,16-23,46H2,1-5H3,(H,47,63)(H,48,58)(H,49,61)(H,50,64)(H,51,60)(H,52,62)(H,53,59)(H,54,55)(H,56,57)(H,65,66)/t26-,29-,30-,31-,32-,33-,34-,37-/m0/s1. The lowest BCUT2D eigenvalue weighted by molar-refractivity contribution is -0.143. The topological polar surface area (TPSA) is 342 Å². The summed E-state index contributed by atoms with van der Waals surface area (Å²) in [6.45, 7) is 8.16. The third-order valence-electron chi connectivity index (χ3n) is 10.3. The molecule has 0 aliphatic carbocycles. The molecule has 0 heterocycles. The summed E-state index contributed by atoms with van der Waals surface area (Å²) >= 11 is 4.22. The molecule has 0 unspecified atom stereocenters. The van der Waals surface area contributed by atoms with Crippen LogP contribution in [0.2, 0.25) is 0 Å². The number of rotatable bonds is 29. The van der Waals surface area contributed by atoms with Crippen molar-refractivity contribution in [3.8, 4) is 0 Å². The molecule has 0 aliphatic heterocycles. The molecule has 7 amide bonds. The van der Waals surface area contributed by atoms with Gasteiger partial charge in [-0.2, -0.15) is 12.6 Å². The van der Waals surface area contributed by atoms with E-state index in [1.807, 2.05) is 0 Å². The number of hydrogen-bond donors (Lipinski definition) is 12. The van der Waals surface area contributed by atoms with Crippen LogP contribution in [0.15, 0.2) is 60.7 Å². The normalized spacial score (nSPS) is 14.6. The first kappa shape index (κ1) is 56.6. The number of carbonyl (C=O) groups is 10. The maximum Gasteiger partial charge on any atom is 0.326 e. The molecule has 2 aromatic carbocycles. The molecule has 21 nitrogen and oxygen atoms in total. The van der Waals surface area contributed by atoms with Crippen LogP contribution >= 0.6 is 12.6 Å². The van der Waals surface area contributed by atoms with Gasteiger partial charge in [0.15, 0.2) is 0 Å². The van der Waals surface area contributed by atoms with Crippen molar-refractivity contribution in [1.82, 2.24) is 37.2 Å². The number of carboxylic acids is 3. The fraction of sp³-hybridized carbons (Fsp3) is 0.511. The van der Waals surface area contributed by atoms with E-state index in [1.165, 1.54) is 6.92 Å². The third-order valence-corrected chi connectivity index (χ3v) is 10.6. The highest BCUT2D eigenvalue weighted by Gasteiger charge is 2.34. The molecule has 0 saturated carbocycles. The summed E-state index contributed by atoms with van der Waals surface area (Å²) in [5.41, 5.74) is 7.07. The maximum atomic E-state index is 14.0. The molecule has 0 bridgehead atoms. The Kier molecular flexibility index (Phi) is 24.0. The van der Waals surface area contributed by atoms with E-state index in [1.54, 1.807) is 88.4 Å². The van der Waals surface area contributed by atoms with Crippen LogP contribution in [0.5, 0.6) is 0 Å². The Morgan fingerprint density at radius 3 is 1.43 bits per heavy atom. The number of nitrogens with two attached hydrogens (primary N) is 1. The minimum absolute atomic E-state index is 0.0761. The first-order chi connectivity index (χ1) is 31.5. The van der Waals surface area contributed by atoms with Gasteiger partial charge in [-0.1, -0.05) is 88.4 Å². The highest BCUT2D eigenvalue weighted by Crippen LogP contribution is 2.12. The monoisotopic (exact) mass is 956 g/mol. The van der Waals surface area contributed by atoms with Crippen molar-refractivity contribution in [3.63, 3.8) is 0 Å². The molecule has 2 aromatic rings. The Bertz CT molecular complexity index is 2030. The van der Waals surface area contributed by atoms with E-state index in [2.05, 4.69) is 49.8 Å². The molecule has 0 saturated heterocycles. The average Bonchev–Trinajstić information content (AvgIpc) is 3.26. The van der Waals surface area contributed by atoms with Gasteiger partial charge >= 0.3 is 17.9 Å². The van der Waals surface area contributed by atoms with Crippen LogP contribution in [0.25, 0.3) is 0 Å². The number of thiol groups is 1. The molecule has 8 atom stereocenters. The number of amides is 7. The van der Waals surface area contributed by atoms with Crippen molar-refractivity contribution in [3.05, 3.63) is 71.8 Å². The van der Waals surface area contributed by atoms with E-state index in [4.69, 9.17) is 10.8 Å². The van der Waals surface area contributed by atoms with Crippen molar-refractivity contribution in [2.45, 2.75) is 128 Å². The number of carboxylic acid groups (broad SMARTS) is 3. The second-order valence-corrected chi connectivity index (χ2v) is 17.1. The number of hydrogen-bond acceptors (Lipinski definition) is 12. The second-order valence-electron chi connectivity index (χ2n) is 16.8. The van der Waals surface area contributed by atoms with Crippen LogP contribution in [0, 0.1) is 11.8 Å². The van der Waals surface area contributed by atoms with E-state index >= 15 is 0 Å².